The van der Waals surface area contributed by atoms with Crippen molar-refractivity contribution in [1.29, 1.82) is 0 Å². The molecule has 5 heteroatoms. The summed E-state index contributed by atoms with van der Waals surface area (Å²) in [6.07, 6.45) is 0.218. The highest BCUT2D eigenvalue weighted by Gasteiger charge is 2.25. The van der Waals surface area contributed by atoms with Crippen molar-refractivity contribution in [3.05, 3.63) is 97.4 Å². The molecule has 0 fully saturated rings. The van der Waals surface area contributed by atoms with Gasteiger partial charge in [-0.2, -0.15) is 0 Å². The fourth-order valence-corrected chi connectivity index (χ4v) is 4.46. The molecular formula is C28H27ClO4. The highest BCUT2D eigenvalue weighted by molar-refractivity contribution is 6.30. The SMILES string of the molecule is Cc1cc(-c2oc(CO)c(Cc3ccc(Cl)cc3)c(=O)c2O)c2c(C)cc(C(C)C)ccc1-2. The maximum absolute atomic E-state index is 13.2. The molecule has 1 heterocycles. The van der Waals surface area contributed by atoms with E-state index in [4.69, 9.17) is 16.0 Å². The molecule has 4 nitrogen and oxygen atoms in total. The zero-order valence-electron chi connectivity index (χ0n) is 19.2. The Kier molecular flexibility index (Phi) is 6.33. The fraction of sp³-hybridized carbons (Fsp3) is 0.250. The predicted molar refractivity (Wildman–Crippen MR) is 132 cm³/mol. The smallest absolute Gasteiger partial charge is 0.231 e. The molecule has 0 unspecified atom stereocenters. The molecule has 0 amide bonds. The maximum Gasteiger partial charge on any atom is 0.231 e. The Morgan fingerprint density at radius 2 is 1.67 bits per heavy atom. The van der Waals surface area contributed by atoms with Crippen LogP contribution < -0.4 is 5.43 Å². The standard InChI is InChI=1S/C28H27ClO4/c1-15(2)19-7-10-21-16(3)12-23(25(21)17(4)11-19)28-27(32)26(31)22(24(14-30)33-28)13-18-5-8-20(29)9-6-18/h5-12,15,30,32H,13-14H2,1-4H3. The van der Waals surface area contributed by atoms with E-state index in [0.717, 1.165) is 27.8 Å². The highest BCUT2D eigenvalue weighted by Crippen LogP contribution is 2.43. The summed E-state index contributed by atoms with van der Waals surface area (Å²) in [5.41, 5.74) is 6.38. The molecule has 2 aliphatic rings. The van der Waals surface area contributed by atoms with E-state index >= 15 is 0 Å². The van der Waals surface area contributed by atoms with E-state index in [-0.39, 0.29) is 23.5 Å². The zero-order chi connectivity index (χ0) is 23.9. The van der Waals surface area contributed by atoms with Gasteiger partial charge in [0.2, 0.25) is 11.2 Å². The molecule has 0 atom stereocenters. The first kappa shape index (κ1) is 23.1. The Labute approximate surface area is 198 Å². The van der Waals surface area contributed by atoms with E-state index in [1.54, 1.807) is 24.3 Å². The third kappa shape index (κ3) is 4.29. The average Bonchev–Trinajstić information content (AvgIpc) is 3.00. The molecule has 33 heavy (non-hydrogen) atoms. The van der Waals surface area contributed by atoms with E-state index in [2.05, 4.69) is 32.0 Å². The Bertz CT molecular complexity index is 1350. The molecule has 0 aliphatic heterocycles. The molecule has 170 valence electrons. The van der Waals surface area contributed by atoms with Crippen LogP contribution in [0.1, 0.15) is 53.3 Å². The number of aliphatic hydroxyl groups is 1. The van der Waals surface area contributed by atoms with Crippen molar-refractivity contribution in [2.24, 2.45) is 0 Å². The van der Waals surface area contributed by atoms with Gasteiger partial charge in [-0.15, -0.1) is 0 Å². The molecule has 0 radical (unpaired) electrons. The second-order valence-electron chi connectivity index (χ2n) is 8.82. The predicted octanol–water partition coefficient (Wildman–Crippen LogP) is 6.59. The number of halogens is 1. The van der Waals surface area contributed by atoms with Crippen molar-refractivity contribution < 1.29 is 14.6 Å². The molecule has 0 saturated carbocycles. The molecule has 0 spiro atoms. The molecule has 2 aliphatic carbocycles. The van der Waals surface area contributed by atoms with Crippen molar-refractivity contribution in [2.45, 2.75) is 46.6 Å². The van der Waals surface area contributed by atoms with Gasteiger partial charge in [-0.3, -0.25) is 4.79 Å². The second-order valence-corrected chi connectivity index (χ2v) is 9.25. The van der Waals surface area contributed by atoms with Crippen molar-refractivity contribution in [3.63, 3.8) is 0 Å². The van der Waals surface area contributed by atoms with Crippen LogP contribution in [0.4, 0.5) is 0 Å². The Morgan fingerprint density at radius 3 is 2.30 bits per heavy atom. The van der Waals surface area contributed by atoms with E-state index in [9.17, 15) is 15.0 Å². The number of fused-ring (bicyclic) bond motifs is 1. The topological polar surface area (TPSA) is 70.7 Å². The largest absolute Gasteiger partial charge is 0.502 e. The number of hydrogen-bond acceptors (Lipinski definition) is 4. The summed E-state index contributed by atoms with van der Waals surface area (Å²) >= 11 is 5.96. The normalized spacial score (nSPS) is 11.5. The number of hydrogen-bond donors (Lipinski definition) is 2. The molecule has 1 aromatic heterocycles. The van der Waals surface area contributed by atoms with Gasteiger partial charge in [0, 0.05) is 22.6 Å². The van der Waals surface area contributed by atoms with Crippen LogP contribution in [0.3, 0.4) is 0 Å². The zero-order valence-corrected chi connectivity index (χ0v) is 20.0. The van der Waals surface area contributed by atoms with Gasteiger partial charge in [0.15, 0.2) is 5.76 Å². The maximum atomic E-state index is 13.2. The molecule has 0 saturated heterocycles. The summed E-state index contributed by atoms with van der Waals surface area (Å²) in [5.74, 6) is 0.152. The number of benzene rings is 1. The molecule has 4 rings (SSSR count). The number of aromatic hydroxyl groups is 1. The molecular weight excluding hydrogens is 436 g/mol. The third-order valence-corrected chi connectivity index (χ3v) is 6.41. The Balaban J connectivity index is 1.91. The van der Waals surface area contributed by atoms with Gasteiger partial charge in [0.05, 0.1) is 0 Å². The second kappa shape index (κ2) is 9.05. The van der Waals surface area contributed by atoms with Gasteiger partial charge >= 0.3 is 0 Å². The fourth-order valence-electron chi connectivity index (χ4n) is 4.34. The van der Waals surface area contributed by atoms with E-state index in [1.165, 1.54) is 5.56 Å². The van der Waals surface area contributed by atoms with Gasteiger partial charge < -0.3 is 14.6 Å². The highest BCUT2D eigenvalue weighted by atomic mass is 35.5. The molecule has 0 bridgehead atoms. The average molecular weight is 463 g/mol. The van der Waals surface area contributed by atoms with E-state index in [0.29, 0.717) is 16.5 Å². The van der Waals surface area contributed by atoms with Gasteiger partial charge in [-0.05, 0) is 71.3 Å². The lowest BCUT2D eigenvalue weighted by Crippen LogP contribution is -2.14. The summed E-state index contributed by atoms with van der Waals surface area (Å²) < 4.78 is 6.01. The number of aryl methyl sites for hydroxylation is 2. The quantitative estimate of drug-likeness (QED) is 0.350. The molecule has 2 aromatic rings. The van der Waals surface area contributed by atoms with Crippen molar-refractivity contribution in [1.82, 2.24) is 0 Å². The number of rotatable bonds is 5. The van der Waals surface area contributed by atoms with Crippen molar-refractivity contribution in [3.8, 4) is 28.2 Å². The minimum atomic E-state index is -0.539. The summed E-state index contributed by atoms with van der Waals surface area (Å²) in [5, 5.41) is 21.5. The third-order valence-electron chi connectivity index (χ3n) is 6.16. The lowest BCUT2D eigenvalue weighted by Gasteiger charge is -2.12. The van der Waals surface area contributed by atoms with Crippen molar-refractivity contribution >= 4 is 11.6 Å². The lowest BCUT2D eigenvalue weighted by molar-refractivity contribution is 0.241. The van der Waals surface area contributed by atoms with Crippen LogP contribution in [-0.4, -0.2) is 10.2 Å². The monoisotopic (exact) mass is 462 g/mol. The summed E-state index contributed by atoms with van der Waals surface area (Å²) in [7, 11) is 0. The summed E-state index contributed by atoms with van der Waals surface area (Å²) in [6, 6.07) is 15.3. The van der Waals surface area contributed by atoms with Gasteiger partial charge in [0.1, 0.15) is 12.4 Å². The van der Waals surface area contributed by atoms with Gasteiger partial charge in [-0.25, -0.2) is 0 Å². The first-order chi connectivity index (χ1) is 15.7. The lowest BCUT2D eigenvalue weighted by atomic mass is 9.99. The van der Waals surface area contributed by atoms with Gasteiger partial charge in [0.25, 0.3) is 0 Å². The van der Waals surface area contributed by atoms with Crippen LogP contribution in [0.5, 0.6) is 5.75 Å². The van der Waals surface area contributed by atoms with Crippen LogP contribution in [0.15, 0.2) is 57.7 Å². The molecule has 2 N–H and O–H groups in total. The van der Waals surface area contributed by atoms with E-state index in [1.807, 2.05) is 19.9 Å². The van der Waals surface area contributed by atoms with E-state index < -0.39 is 17.8 Å². The summed E-state index contributed by atoms with van der Waals surface area (Å²) in [4.78, 5) is 13.2. The minimum absolute atomic E-state index is 0.0856. The number of aliphatic hydroxyl groups excluding tert-OH is 1. The van der Waals surface area contributed by atoms with Crippen molar-refractivity contribution in [2.75, 3.05) is 0 Å². The van der Waals surface area contributed by atoms with Crippen LogP contribution in [0, 0.1) is 13.8 Å². The first-order valence-corrected chi connectivity index (χ1v) is 11.4. The van der Waals surface area contributed by atoms with Crippen LogP contribution in [0.2, 0.25) is 5.02 Å². The Hall–Kier alpha value is -3.08. The van der Waals surface area contributed by atoms with Crippen LogP contribution >= 0.6 is 11.6 Å². The molecule has 1 aromatic carbocycles. The van der Waals surface area contributed by atoms with Crippen LogP contribution in [-0.2, 0) is 13.0 Å². The minimum Gasteiger partial charge on any atom is -0.502 e. The Morgan fingerprint density at radius 1 is 0.970 bits per heavy atom. The summed E-state index contributed by atoms with van der Waals surface area (Å²) in [6.45, 7) is 7.86. The van der Waals surface area contributed by atoms with Crippen LogP contribution in [0.25, 0.3) is 22.5 Å². The first-order valence-electron chi connectivity index (χ1n) is 11.0. The van der Waals surface area contributed by atoms with Gasteiger partial charge in [-0.1, -0.05) is 55.8 Å².